The van der Waals surface area contributed by atoms with Crippen molar-refractivity contribution >= 4 is 61.7 Å². The van der Waals surface area contributed by atoms with Gasteiger partial charge in [0.25, 0.3) is 23.2 Å². The van der Waals surface area contributed by atoms with E-state index in [2.05, 4.69) is 20.9 Å². The molecule has 4 rings (SSSR count). The average Bonchev–Trinajstić information content (AvgIpc) is 2.88. The number of aromatic nitrogens is 1. The second-order valence-corrected chi connectivity index (χ2v) is 8.43. The summed E-state index contributed by atoms with van der Waals surface area (Å²) < 4.78 is 0.429. The number of amides is 2. The summed E-state index contributed by atoms with van der Waals surface area (Å²) in [6.45, 7) is 0. The number of non-ortho nitro benzene ring substituents is 1. The number of imide groups is 1. The van der Waals surface area contributed by atoms with Crippen LogP contribution in [-0.2, 0) is 0 Å². The van der Waals surface area contributed by atoms with E-state index < -0.39 is 50.1 Å². The van der Waals surface area contributed by atoms with Crippen LogP contribution in [-0.4, -0.2) is 37.7 Å². The first-order valence-corrected chi connectivity index (χ1v) is 11.1. The van der Waals surface area contributed by atoms with Crippen molar-refractivity contribution in [2.75, 3.05) is 4.90 Å². The maximum absolute atomic E-state index is 13.8. The van der Waals surface area contributed by atoms with E-state index in [1.165, 1.54) is 36.5 Å². The molecular weight excluding hydrogens is 552 g/mol. The summed E-state index contributed by atoms with van der Waals surface area (Å²) in [5, 5.41) is 33.0. The number of rotatable bonds is 6. The third kappa shape index (κ3) is 4.75. The lowest BCUT2D eigenvalue weighted by Gasteiger charge is -2.23. The number of anilines is 1. The second kappa shape index (κ2) is 9.91. The highest BCUT2D eigenvalue weighted by molar-refractivity contribution is 9.10. The number of pyridine rings is 1. The second-order valence-electron chi connectivity index (χ2n) is 7.51. The molecule has 3 aromatic carbocycles. The standard InChI is InChI=1S/C24H13BrN4O8/c25-14-10-13-4-3-9-26-21(13)20(11-14)27(22(30)16-5-1-2-6-17(16)24(32)33)23(31)18-8-7-15(28(34)35)12-19(18)29(36)37/h1-12H,(H,32,33). The summed E-state index contributed by atoms with van der Waals surface area (Å²) in [5.74, 6) is -3.74. The molecule has 37 heavy (non-hydrogen) atoms. The molecule has 1 N–H and O–H groups in total. The van der Waals surface area contributed by atoms with Crippen molar-refractivity contribution in [3.8, 4) is 0 Å². The van der Waals surface area contributed by atoms with Crippen LogP contribution in [0.2, 0.25) is 0 Å². The molecule has 13 heteroatoms. The number of hydrogen-bond donors (Lipinski definition) is 1. The molecule has 0 saturated heterocycles. The van der Waals surface area contributed by atoms with Crippen molar-refractivity contribution in [2.45, 2.75) is 0 Å². The quantitative estimate of drug-likeness (QED) is 0.192. The molecule has 4 aromatic rings. The first kappa shape index (κ1) is 25.1. The number of nitro benzene ring substituents is 2. The van der Waals surface area contributed by atoms with E-state index in [1.54, 1.807) is 18.2 Å². The Morgan fingerprint density at radius 2 is 1.51 bits per heavy atom. The van der Waals surface area contributed by atoms with Gasteiger partial charge in [0.2, 0.25) is 0 Å². The van der Waals surface area contributed by atoms with Crippen LogP contribution < -0.4 is 4.90 Å². The number of aromatic carboxylic acids is 1. The van der Waals surface area contributed by atoms with E-state index in [9.17, 15) is 39.7 Å². The van der Waals surface area contributed by atoms with Crippen molar-refractivity contribution in [2.24, 2.45) is 0 Å². The van der Waals surface area contributed by atoms with Gasteiger partial charge in [-0.3, -0.25) is 34.8 Å². The number of hydrogen-bond acceptors (Lipinski definition) is 8. The van der Waals surface area contributed by atoms with Crippen LogP contribution >= 0.6 is 15.9 Å². The Morgan fingerprint density at radius 3 is 2.16 bits per heavy atom. The first-order chi connectivity index (χ1) is 17.6. The SMILES string of the molecule is O=C(O)c1ccccc1C(=O)N(C(=O)c1ccc([N+](=O)[O-])cc1[N+](=O)[O-])c1cc(Br)cc2cccnc12. The van der Waals surface area contributed by atoms with Crippen LogP contribution in [0.3, 0.4) is 0 Å². The topological polar surface area (TPSA) is 174 Å². The Kier molecular flexibility index (Phi) is 6.71. The van der Waals surface area contributed by atoms with Crippen molar-refractivity contribution in [3.05, 3.63) is 114 Å². The van der Waals surface area contributed by atoms with E-state index in [4.69, 9.17) is 0 Å². The molecule has 0 unspecified atom stereocenters. The molecule has 0 atom stereocenters. The highest BCUT2D eigenvalue weighted by atomic mass is 79.9. The molecule has 0 spiro atoms. The fourth-order valence-corrected chi connectivity index (χ4v) is 4.14. The fourth-order valence-electron chi connectivity index (χ4n) is 3.68. The molecular formula is C24H13BrN4O8. The van der Waals surface area contributed by atoms with Gasteiger partial charge in [-0.05, 0) is 36.4 Å². The van der Waals surface area contributed by atoms with E-state index in [-0.39, 0.29) is 16.8 Å². The van der Waals surface area contributed by atoms with Gasteiger partial charge in [0, 0.05) is 22.1 Å². The van der Waals surface area contributed by atoms with Crippen LogP contribution in [0.5, 0.6) is 0 Å². The molecule has 0 bridgehead atoms. The molecule has 0 radical (unpaired) electrons. The fraction of sp³-hybridized carbons (Fsp3) is 0. The predicted molar refractivity (Wildman–Crippen MR) is 134 cm³/mol. The number of carbonyl (C=O) groups excluding carboxylic acids is 2. The maximum atomic E-state index is 13.8. The molecule has 0 aliphatic rings. The molecule has 12 nitrogen and oxygen atoms in total. The summed E-state index contributed by atoms with van der Waals surface area (Å²) in [6, 6.07) is 13.9. The molecule has 2 amide bonds. The van der Waals surface area contributed by atoms with Gasteiger partial charge < -0.3 is 5.11 Å². The van der Waals surface area contributed by atoms with Gasteiger partial charge in [0.15, 0.2) is 0 Å². The number of carboxylic acid groups (broad SMARTS) is 1. The average molecular weight is 565 g/mol. The number of halogens is 1. The monoisotopic (exact) mass is 564 g/mol. The minimum Gasteiger partial charge on any atom is -0.478 e. The number of fused-ring (bicyclic) bond motifs is 1. The highest BCUT2D eigenvalue weighted by Gasteiger charge is 2.35. The van der Waals surface area contributed by atoms with Gasteiger partial charge in [-0.15, -0.1) is 0 Å². The zero-order valence-corrected chi connectivity index (χ0v) is 20.0. The Morgan fingerprint density at radius 1 is 0.838 bits per heavy atom. The predicted octanol–water partition coefficient (Wildman–Crippen LogP) is 5.00. The lowest BCUT2D eigenvalue weighted by atomic mass is 10.0. The van der Waals surface area contributed by atoms with Crippen molar-refractivity contribution < 1.29 is 29.3 Å². The molecule has 0 aliphatic carbocycles. The smallest absolute Gasteiger partial charge is 0.336 e. The first-order valence-electron chi connectivity index (χ1n) is 10.3. The number of nitrogens with zero attached hydrogens (tertiary/aromatic N) is 4. The van der Waals surface area contributed by atoms with E-state index in [1.807, 2.05) is 0 Å². The van der Waals surface area contributed by atoms with E-state index >= 15 is 0 Å². The van der Waals surface area contributed by atoms with Gasteiger partial charge in [0.1, 0.15) is 5.56 Å². The minimum absolute atomic E-state index is 0.0900. The number of carboxylic acids is 1. The largest absolute Gasteiger partial charge is 0.478 e. The van der Waals surface area contributed by atoms with Crippen LogP contribution in [0.15, 0.2) is 77.4 Å². The third-order valence-electron chi connectivity index (χ3n) is 5.30. The zero-order chi connectivity index (χ0) is 26.9. The number of carbonyl (C=O) groups is 3. The summed E-state index contributed by atoms with van der Waals surface area (Å²) in [4.78, 5) is 65.3. The van der Waals surface area contributed by atoms with E-state index in [0.29, 0.717) is 20.8 Å². The lowest BCUT2D eigenvalue weighted by molar-refractivity contribution is -0.394. The Balaban J connectivity index is 2.02. The van der Waals surface area contributed by atoms with Crippen molar-refractivity contribution in [1.29, 1.82) is 0 Å². The Labute approximate surface area is 215 Å². The van der Waals surface area contributed by atoms with Gasteiger partial charge in [-0.1, -0.05) is 34.1 Å². The molecule has 0 fully saturated rings. The number of benzene rings is 3. The highest BCUT2D eigenvalue weighted by Crippen LogP contribution is 2.34. The van der Waals surface area contributed by atoms with Gasteiger partial charge in [-0.2, -0.15) is 0 Å². The Hall–Kier alpha value is -5.04. The van der Waals surface area contributed by atoms with E-state index in [0.717, 1.165) is 12.1 Å². The summed E-state index contributed by atoms with van der Waals surface area (Å²) in [6.07, 6.45) is 1.41. The van der Waals surface area contributed by atoms with Gasteiger partial charge in [-0.25, -0.2) is 9.69 Å². The van der Waals surface area contributed by atoms with Crippen LogP contribution in [0.1, 0.15) is 31.1 Å². The van der Waals surface area contributed by atoms with Gasteiger partial charge >= 0.3 is 5.97 Å². The van der Waals surface area contributed by atoms with Crippen molar-refractivity contribution in [1.82, 2.24) is 4.98 Å². The number of nitro groups is 2. The molecule has 0 aliphatic heterocycles. The zero-order valence-electron chi connectivity index (χ0n) is 18.4. The minimum atomic E-state index is -1.44. The normalized spacial score (nSPS) is 10.6. The van der Waals surface area contributed by atoms with Crippen LogP contribution in [0.25, 0.3) is 10.9 Å². The van der Waals surface area contributed by atoms with Crippen LogP contribution in [0.4, 0.5) is 17.1 Å². The Bertz CT molecular complexity index is 1640. The summed E-state index contributed by atoms with van der Waals surface area (Å²) in [5.41, 5.74) is -2.85. The van der Waals surface area contributed by atoms with Crippen molar-refractivity contribution in [3.63, 3.8) is 0 Å². The van der Waals surface area contributed by atoms with Crippen LogP contribution in [0, 0.1) is 20.2 Å². The lowest BCUT2D eigenvalue weighted by Crippen LogP contribution is -2.38. The molecule has 184 valence electrons. The third-order valence-corrected chi connectivity index (χ3v) is 5.76. The summed E-state index contributed by atoms with van der Waals surface area (Å²) >= 11 is 3.31. The molecule has 1 aromatic heterocycles. The molecule has 0 saturated carbocycles. The molecule has 1 heterocycles. The summed E-state index contributed by atoms with van der Waals surface area (Å²) in [7, 11) is 0. The van der Waals surface area contributed by atoms with Gasteiger partial charge in [0.05, 0.1) is 38.2 Å². The maximum Gasteiger partial charge on any atom is 0.336 e.